The number of anilines is 1. The lowest BCUT2D eigenvalue weighted by molar-refractivity contribution is 0.0938. The summed E-state index contributed by atoms with van der Waals surface area (Å²) in [7, 11) is 1.53. The van der Waals surface area contributed by atoms with Gasteiger partial charge < -0.3 is 19.7 Å². The van der Waals surface area contributed by atoms with Gasteiger partial charge in [0, 0.05) is 18.1 Å². The van der Waals surface area contributed by atoms with Crippen molar-refractivity contribution in [1.29, 1.82) is 0 Å². The van der Waals surface area contributed by atoms with Gasteiger partial charge in [-0.1, -0.05) is 18.5 Å². The lowest BCUT2D eigenvalue weighted by Gasteiger charge is -2.17. The maximum absolute atomic E-state index is 12.5. The van der Waals surface area contributed by atoms with E-state index in [1.807, 2.05) is 13.8 Å². The van der Waals surface area contributed by atoms with Crippen LogP contribution in [0, 0.1) is 0 Å². The Kier molecular flexibility index (Phi) is 6.29. The van der Waals surface area contributed by atoms with Crippen molar-refractivity contribution >= 4 is 28.7 Å². The first kappa shape index (κ1) is 20.9. The molecule has 2 heterocycles. The number of aryl methyl sites for hydroxylation is 1. The Labute approximate surface area is 171 Å². The summed E-state index contributed by atoms with van der Waals surface area (Å²) in [6.07, 6.45) is -0.0852. The third-order valence-corrected chi connectivity index (χ3v) is 4.90. The number of H-pyrrole nitrogens is 1. The van der Waals surface area contributed by atoms with Crippen LogP contribution in [0.3, 0.4) is 0 Å². The number of ether oxygens (including phenoxy) is 1. The number of aromatic amines is 1. The molecule has 9 nitrogen and oxygen atoms in total. The monoisotopic (exact) mass is 421 g/mol. The Bertz CT molecular complexity index is 1100. The van der Waals surface area contributed by atoms with E-state index >= 15 is 0 Å². The van der Waals surface area contributed by atoms with Crippen LogP contribution >= 0.6 is 11.6 Å². The second-order valence-electron chi connectivity index (χ2n) is 6.91. The number of imidazole rings is 1. The van der Waals surface area contributed by atoms with Gasteiger partial charge in [-0.3, -0.25) is 14.3 Å². The van der Waals surface area contributed by atoms with Crippen LogP contribution in [-0.2, 0) is 13.6 Å². The quantitative estimate of drug-likeness (QED) is 0.510. The number of hydrogen-bond acceptors (Lipinski definition) is 6. The minimum Gasteiger partial charge on any atom is -0.491 e. The third-order valence-electron chi connectivity index (χ3n) is 4.64. The van der Waals surface area contributed by atoms with Gasteiger partial charge in [-0.25, -0.2) is 4.79 Å². The van der Waals surface area contributed by atoms with Crippen LogP contribution in [0.15, 0.2) is 33.9 Å². The molecule has 29 heavy (non-hydrogen) atoms. The summed E-state index contributed by atoms with van der Waals surface area (Å²) in [5.41, 5.74) is -0.647. The topological polar surface area (TPSA) is 114 Å². The standard InChI is InChI=1S/C19H24ClN5O4/c1-4-11(2)21-18-22-16-15(17(27)23-19(28)24(16)3)25(18)9-13(26)10-29-14-7-5-12(20)6-8-14/h5-8,11,13,26H,4,9-10H2,1-3H3,(H,21,22)(H,23,27,28)/t11-,13+/m0/s1. The second kappa shape index (κ2) is 8.71. The largest absolute Gasteiger partial charge is 0.491 e. The van der Waals surface area contributed by atoms with Gasteiger partial charge in [0.1, 0.15) is 18.5 Å². The summed E-state index contributed by atoms with van der Waals surface area (Å²) >= 11 is 5.86. The zero-order valence-corrected chi connectivity index (χ0v) is 17.2. The first-order valence-corrected chi connectivity index (χ1v) is 9.70. The van der Waals surface area contributed by atoms with Crippen molar-refractivity contribution < 1.29 is 9.84 Å². The molecule has 3 rings (SSSR count). The molecule has 156 valence electrons. The number of rotatable bonds is 8. The molecule has 2 aromatic heterocycles. The average molecular weight is 422 g/mol. The van der Waals surface area contributed by atoms with Crippen LogP contribution in [0.5, 0.6) is 5.75 Å². The normalized spacial score (nSPS) is 13.4. The van der Waals surface area contributed by atoms with E-state index in [0.29, 0.717) is 16.7 Å². The predicted molar refractivity (Wildman–Crippen MR) is 112 cm³/mol. The molecule has 0 unspecified atom stereocenters. The van der Waals surface area contributed by atoms with Gasteiger partial charge in [0.25, 0.3) is 5.56 Å². The molecule has 10 heteroatoms. The Balaban J connectivity index is 1.90. The summed E-state index contributed by atoms with van der Waals surface area (Å²) in [4.78, 5) is 31.1. The minimum atomic E-state index is -0.919. The van der Waals surface area contributed by atoms with Gasteiger partial charge in [-0.2, -0.15) is 4.98 Å². The van der Waals surface area contributed by atoms with E-state index in [4.69, 9.17) is 16.3 Å². The third kappa shape index (κ3) is 4.63. The maximum atomic E-state index is 12.5. The molecule has 0 saturated carbocycles. The first-order valence-electron chi connectivity index (χ1n) is 9.32. The van der Waals surface area contributed by atoms with Crippen LogP contribution in [-0.4, -0.2) is 43.0 Å². The van der Waals surface area contributed by atoms with Gasteiger partial charge in [-0.05, 0) is 37.6 Å². The summed E-state index contributed by atoms with van der Waals surface area (Å²) in [6, 6.07) is 6.89. The SMILES string of the molecule is CC[C@H](C)Nc1nc2c(c(=O)[nH]c(=O)n2C)n1C[C@@H](O)COc1ccc(Cl)cc1. The van der Waals surface area contributed by atoms with Crippen molar-refractivity contribution in [1.82, 2.24) is 19.1 Å². The fraction of sp³-hybridized carbons (Fsp3) is 0.421. The van der Waals surface area contributed by atoms with E-state index in [1.54, 1.807) is 28.8 Å². The van der Waals surface area contributed by atoms with Crippen molar-refractivity contribution in [2.24, 2.45) is 7.05 Å². The van der Waals surface area contributed by atoms with Crippen molar-refractivity contribution in [2.45, 2.75) is 39.0 Å². The summed E-state index contributed by atoms with van der Waals surface area (Å²) in [5, 5.41) is 14.3. The van der Waals surface area contributed by atoms with Crippen molar-refractivity contribution in [3.63, 3.8) is 0 Å². The summed E-state index contributed by atoms with van der Waals surface area (Å²) < 4.78 is 8.44. The molecule has 2 atom stereocenters. The molecule has 0 radical (unpaired) electrons. The highest BCUT2D eigenvalue weighted by molar-refractivity contribution is 6.30. The molecule has 1 aromatic carbocycles. The van der Waals surface area contributed by atoms with Crippen LogP contribution in [0.1, 0.15) is 20.3 Å². The molecule has 0 fully saturated rings. The van der Waals surface area contributed by atoms with Gasteiger partial charge >= 0.3 is 5.69 Å². The predicted octanol–water partition coefficient (Wildman–Crippen LogP) is 1.73. The van der Waals surface area contributed by atoms with Gasteiger partial charge in [0.15, 0.2) is 11.2 Å². The zero-order valence-electron chi connectivity index (χ0n) is 16.5. The van der Waals surface area contributed by atoms with Crippen LogP contribution in [0.25, 0.3) is 11.2 Å². The highest BCUT2D eigenvalue weighted by Crippen LogP contribution is 2.19. The number of hydrogen-bond donors (Lipinski definition) is 3. The van der Waals surface area contributed by atoms with Crippen LogP contribution in [0.4, 0.5) is 5.95 Å². The molecule has 0 aliphatic rings. The smallest absolute Gasteiger partial charge is 0.329 e. The Morgan fingerprint density at radius 3 is 2.66 bits per heavy atom. The number of benzene rings is 1. The molecule has 3 N–H and O–H groups in total. The zero-order chi connectivity index (χ0) is 21.1. The number of aliphatic hydroxyl groups is 1. The molecular weight excluding hydrogens is 398 g/mol. The number of halogens is 1. The van der Waals surface area contributed by atoms with Gasteiger partial charge in [-0.15, -0.1) is 0 Å². The fourth-order valence-corrected chi connectivity index (χ4v) is 2.96. The summed E-state index contributed by atoms with van der Waals surface area (Å²) in [6.45, 7) is 4.06. The molecule has 0 aliphatic heterocycles. The van der Waals surface area contributed by atoms with E-state index in [2.05, 4.69) is 15.3 Å². The van der Waals surface area contributed by atoms with E-state index in [1.165, 1.54) is 11.6 Å². The molecule has 0 bridgehead atoms. The molecule has 0 spiro atoms. The molecule has 0 aliphatic carbocycles. The van der Waals surface area contributed by atoms with E-state index in [9.17, 15) is 14.7 Å². The lowest BCUT2D eigenvalue weighted by Crippen LogP contribution is -2.31. The molecular formula is C19H24ClN5O4. The second-order valence-corrected chi connectivity index (χ2v) is 7.35. The number of nitrogens with one attached hydrogen (secondary N) is 2. The Morgan fingerprint density at radius 1 is 1.31 bits per heavy atom. The van der Waals surface area contributed by atoms with Crippen molar-refractivity contribution in [3.05, 3.63) is 50.1 Å². The number of aromatic nitrogens is 4. The van der Waals surface area contributed by atoms with Crippen LogP contribution in [0.2, 0.25) is 5.02 Å². The number of fused-ring (bicyclic) bond motifs is 1. The van der Waals surface area contributed by atoms with Crippen LogP contribution < -0.4 is 21.3 Å². The highest BCUT2D eigenvalue weighted by atomic mass is 35.5. The summed E-state index contributed by atoms with van der Waals surface area (Å²) in [5.74, 6) is 0.980. The molecule has 0 amide bonds. The average Bonchev–Trinajstić information content (AvgIpc) is 3.04. The van der Waals surface area contributed by atoms with Crippen molar-refractivity contribution in [3.8, 4) is 5.75 Å². The lowest BCUT2D eigenvalue weighted by atomic mass is 10.3. The maximum Gasteiger partial charge on any atom is 0.329 e. The Hall–Kier alpha value is -2.78. The van der Waals surface area contributed by atoms with E-state index < -0.39 is 17.4 Å². The highest BCUT2D eigenvalue weighted by Gasteiger charge is 2.20. The van der Waals surface area contributed by atoms with Crippen molar-refractivity contribution in [2.75, 3.05) is 11.9 Å². The molecule has 0 saturated heterocycles. The number of aliphatic hydroxyl groups excluding tert-OH is 1. The first-order chi connectivity index (χ1) is 13.8. The van der Waals surface area contributed by atoms with Gasteiger partial charge in [0.05, 0.1) is 6.54 Å². The van der Waals surface area contributed by atoms with Gasteiger partial charge in [0.2, 0.25) is 5.95 Å². The molecule has 3 aromatic rings. The minimum absolute atomic E-state index is 0.00768. The van der Waals surface area contributed by atoms with E-state index in [0.717, 1.165) is 6.42 Å². The van der Waals surface area contributed by atoms with E-state index in [-0.39, 0.29) is 30.4 Å². The number of nitrogens with zero attached hydrogens (tertiary/aromatic N) is 3. The Morgan fingerprint density at radius 2 is 2.00 bits per heavy atom. The fourth-order valence-electron chi connectivity index (χ4n) is 2.83.